The fraction of sp³-hybridized carbons (Fsp3) is 0.600. The Morgan fingerprint density at radius 2 is 2.00 bits per heavy atom. The Bertz CT molecular complexity index is 211. The SMILES string of the molecule is CNC(=O)C1(C(=O)OC)N=N1. The van der Waals surface area contributed by atoms with E-state index in [0.29, 0.717) is 0 Å². The predicted molar refractivity (Wildman–Crippen MR) is 33.7 cm³/mol. The van der Waals surface area contributed by atoms with Crippen molar-refractivity contribution in [3.8, 4) is 0 Å². The molecule has 0 aromatic rings. The number of nitrogens with zero attached hydrogens (tertiary/aromatic N) is 2. The fourth-order valence-electron chi connectivity index (χ4n) is 0.632. The molecule has 0 saturated carbocycles. The number of likely N-dealkylation sites (N-methyl/N-ethyl adjacent to an activating group) is 1. The lowest BCUT2D eigenvalue weighted by molar-refractivity contribution is -0.148. The van der Waals surface area contributed by atoms with Gasteiger partial charge in [0.15, 0.2) is 0 Å². The molecule has 0 aromatic carbocycles. The highest BCUT2D eigenvalue weighted by Gasteiger charge is 2.57. The van der Waals surface area contributed by atoms with E-state index in [-0.39, 0.29) is 0 Å². The Balaban J connectivity index is 2.68. The zero-order valence-corrected chi connectivity index (χ0v) is 6.12. The third kappa shape index (κ3) is 0.957. The Morgan fingerprint density at radius 1 is 1.45 bits per heavy atom. The maximum Gasteiger partial charge on any atom is 0.370 e. The third-order valence-electron chi connectivity index (χ3n) is 1.31. The summed E-state index contributed by atoms with van der Waals surface area (Å²) in [7, 11) is 2.58. The van der Waals surface area contributed by atoms with Crippen LogP contribution in [0.5, 0.6) is 0 Å². The number of rotatable bonds is 2. The second-order valence-corrected chi connectivity index (χ2v) is 1.94. The molecule has 6 heteroatoms. The van der Waals surface area contributed by atoms with E-state index in [0.717, 1.165) is 0 Å². The van der Waals surface area contributed by atoms with Crippen LogP contribution in [0.15, 0.2) is 10.2 Å². The fourth-order valence-corrected chi connectivity index (χ4v) is 0.632. The number of carbonyl (C=O) groups excluding carboxylic acids is 2. The van der Waals surface area contributed by atoms with Gasteiger partial charge in [-0.1, -0.05) is 0 Å². The first kappa shape index (κ1) is 7.64. The number of amides is 1. The van der Waals surface area contributed by atoms with Gasteiger partial charge in [0.05, 0.1) is 7.11 Å². The van der Waals surface area contributed by atoms with Crippen LogP contribution in [0, 0.1) is 0 Å². The molecule has 0 fully saturated rings. The van der Waals surface area contributed by atoms with Crippen LogP contribution in [-0.4, -0.2) is 31.7 Å². The van der Waals surface area contributed by atoms with Crippen molar-refractivity contribution >= 4 is 11.9 Å². The summed E-state index contributed by atoms with van der Waals surface area (Å²) >= 11 is 0. The molecule has 0 bridgehead atoms. The maximum atomic E-state index is 10.9. The number of esters is 1. The summed E-state index contributed by atoms with van der Waals surface area (Å²) in [6.45, 7) is 0. The summed E-state index contributed by atoms with van der Waals surface area (Å²) in [5.74, 6) is -1.32. The Morgan fingerprint density at radius 3 is 2.27 bits per heavy atom. The zero-order valence-electron chi connectivity index (χ0n) is 6.12. The average Bonchev–Trinajstić information content (AvgIpc) is 2.82. The van der Waals surface area contributed by atoms with Gasteiger partial charge in [0.2, 0.25) is 0 Å². The lowest BCUT2D eigenvalue weighted by Gasteiger charge is -2.04. The lowest BCUT2D eigenvalue weighted by atomic mass is 10.2. The van der Waals surface area contributed by atoms with Gasteiger partial charge in [-0.3, -0.25) is 4.79 Å². The van der Waals surface area contributed by atoms with Gasteiger partial charge in [-0.2, -0.15) is 0 Å². The quantitative estimate of drug-likeness (QED) is 0.415. The molecule has 0 spiro atoms. The highest BCUT2D eigenvalue weighted by molar-refractivity contribution is 6.09. The van der Waals surface area contributed by atoms with Crippen LogP contribution in [0.1, 0.15) is 0 Å². The molecular weight excluding hydrogens is 150 g/mol. The zero-order chi connectivity index (χ0) is 8.48. The molecule has 6 nitrogen and oxygen atoms in total. The minimum absolute atomic E-state index is 0.565. The molecule has 0 unspecified atom stereocenters. The van der Waals surface area contributed by atoms with Gasteiger partial charge in [0.1, 0.15) is 0 Å². The number of hydrogen-bond donors (Lipinski definition) is 1. The minimum atomic E-state index is -1.59. The second-order valence-electron chi connectivity index (χ2n) is 1.94. The Hall–Kier alpha value is -1.46. The summed E-state index contributed by atoms with van der Waals surface area (Å²) in [6, 6.07) is 0. The van der Waals surface area contributed by atoms with Crippen molar-refractivity contribution in [2.45, 2.75) is 5.66 Å². The smallest absolute Gasteiger partial charge is 0.370 e. The summed E-state index contributed by atoms with van der Waals surface area (Å²) in [4.78, 5) is 21.7. The van der Waals surface area contributed by atoms with Gasteiger partial charge in [-0.05, 0) is 0 Å². The van der Waals surface area contributed by atoms with Crippen molar-refractivity contribution in [3.63, 3.8) is 0 Å². The van der Waals surface area contributed by atoms with E-state index in [9.17, 15) is 9.59 Å². The van der Waals surface area contributed by atoms with E-state index in [1.54, 1.807) is 0 Å². The first-order valence-electron chi connectivity index (χ1n) is 2.92. The van der Waals surface area contributed by atoms with E-state index in [1.807, 2.05) is 0 Å². The first-order valence-corrected chi connectivity index (χ1v) is 2.92. The van der Waals surface area contributed by atoms with Crippen LogP contribution >= 0.6 is 0 Å². The summed E-state index contributed by atoms with van der Waals surface area (Å²) < 4.78 is 4.31. The predicted octanol–water partition coefficient (Wildman–Crippen LogP) is -0.932. The highest BCUT2D eigenvalue weighted by atomic mass is 16.5. The van der Waals surface area contributed by atoms with Gasteiger partial charge in [-0.15, -0.1) is 10.2 Å². The third-order valence-corrected chi connectivity index (χ3v) is 1.31. The largest absolute Gasteiger partial charge is 0.465 e. The monoisotopic (exact) mass is 157 g/mol. The Labute approximate surface area is 62.6 Å². The molecule has 0 radical (unpaired) electrons. The highest BCUT2D eigenvalue weighted by Crippen LogP contribution is 2.29. The van der Waals surface area contributed by atoms with Crippen molar-refractivity contribution < 1.29 is 14.3 Å². The molecular formula is C5H7N3O3. The molecule has 1 amide bonds. The molecule has 60 valence electrons. The Kier molecular flexibility index (Phi) is 1.60. The maximum absolute atomic E-state index is 10.9. The number of carbonyl (C=O) groups is 2. The van der Waals surface area contributed by atoms with Gasteiger partial charge >= 0.3 is 11.6 Å². The molecule has 1 N–H and O–H groups in total. The molecule has 1 heterocycles. The van der Waals surface area contributed by atoms with Crippen LogP contribution in [0.3, 0.4) is 0 Å². The molecule has 0 atom stereocenters. The minimum Gasteiger partial charge on any atom is -0.465 e. The van der Waals surface area contributed by atoms with E-state index >= 15 is 0 Å². The molecule has 0 aromatic heterocycles. The number of methoxy groups -OCH3 is 1. The first-order chi connectivity index (χ1) is 5.17. The van der Waals surface area contributed by atoms with Gasteiger partial charge in [-0.25, -0.2) is 4.79 Å². The number of hydrogen-bond acceptors (Lipinski definition) is 5. The van der Waals surface area contributed by atoms with Gasteiger partial charge in [0.25, 0.3) is 5.91 Å². The molecule has 0 saturated heterocycles. The number of nitrogens with one attached hydrogen (secondary N) is 1. The normalized spacial score (nSPS) is 17.3. The van der Waals surface area contributed by atoms with E-state index in [2.05, 4.69) is 20.3 Å². The standard InChI is InChI=1S/C5H7N3O3/c1-6-3(9)5(7-8-5)4(10)11-2/h1-2H3,(H,6,9). The lowest BCUT2D eigenvalue weighted by Crippen LogP contribution is -2.42. The van der Waals surface area contributed by atoms with Crippen LogP contribution in [0.25, 0.3) is 0 Å². The summed E-state index contributed by atoms with van der Waals surface area (Å²) in [5.41, 5.74) is -1.59. The van der Waals surface area contributed by atoms with Crippen LogP contribution in [0.4, 0.5) is 0 Å². The van der Waals surface area contributed by atoms with Gasteiger partial charge < -0.3 is 10.1 Å². The average molecular weight is 157 g/mol. The second kappa shape index (κ2) is 2.30. The van der Waals surface area contributed by atoms with E-state index in [4.69, 9.17) is 0 Å². The molecule has 1 rings (SSSR count). The van der Waals surface area contributed by atoms with Crippen LogP contribution in [-0.2, 0) is 14.3 Å². The van der Waals surface area contributed by atoms with E-state index in [1.165, 1.54) is 14.2 Å². The number of ether oxygens (including phenoxy) is 1. The van der Waals surface area contributed by atoms with Crippen molar-refractivity contribution in [2.75, 3.05) is 14.2 Å². The van der Waals surface area contributed by atoms with Crippen LogP contribution in [0.2, 0.25) is 0 Å². The summed E-state index contributed by atoms with van der Waals surface area (Å²) in [6.07, 6.45) is 0. The van der Waals surface area contributed by atoms with Crippen LogP contribution < -0.4 is 5.32 Å². The van der Waals surface area contributed by atoms with Crippen molar-refractivity contribution in [1.29, 1.82) is 0 Å². The summed E-state index contributed by atoms with van der Waals surface area (Å²) in [5, 5.41) is 8.88. The topological polar surface area (TPSA) is 80.1 Å². The molecule has 11 heavy (non-hydrogen) atoms. The molecule has 1 aliphatic rings. The molecule has 0 aliphatic carbocycles. The van der Waals surface area contributed by atoms with E-state index < -0.39 is 17.5 Å². The van der Waals surface area contributed by atoms with Crippen molar-refractivity contribution in [1.82, 2.24) is 5.32 Å². The molecule has 1 aliphatic heterocycles. The van der Waals surface area contributed by atoms with Crippen molar-refractivity contribution in [2.24, 2.45) is 10.2 Å². The van der Waals surface area contributed by atoms with Gasteiger partial charge in [0, 0.05) is 7.05 Å². The van der Waals surface area contributed by atoms with Crippen molar-refractivity contribution in [3.05, 3.63) is 0 Å².